The van der Waals surface area contributed by atoms with E-state index in [1.54, 1.807) is 7.11 Å². The van der Waals surface area contributed by atoms with Crippen molar-refractivity contribution in [1.29, 1.82) is 0 Å². The maximum atomic E-state index is 6.29. The van der Waals surface area contributed by atoms with E-state index in [4.69, 9.17) is 10.5 Å². The van der Waals surface area contributed by atoms with Gasteiger partial charge in [0.15, 0.2) is 0 Å². The Morgan fingerprint density at radius 3 is 2.68 bits per heavy atom. The van der Waals surface area contributed by atoms with Crippen LogP contribution >= 0.6 is 0 Å². The predicted molar refractivity (Wildman–Crippen MR) is 79.1 cm³/mol. The molecule has 0 bridgehead atoms. The monoisotopic (exact) mass is 262 g/mol. The molecule has 1 aliphatic rings. The van der Waals surface area contributed by atoms with Crippen LogP contribution in [0.15, 0.2) is 24.3 Å². The van der Waals surface area contributed by atoms with Gasteiger partial charge in [0.25, 0.3) is 0 Å². The van der Waals surface area contributed by atoms with Crippen LogP contribution < -0.4 is 5.73 Å². The van der Waals surface area contributed by atoms with Gasteiger partial charge in [-0.3, -0.25) is 4.90 Å². The Hall–Kier alpha value is -0.900. The summed E-state index contributed by atoms with van der Waals surface area (Å²) in [5.74, 6) is 0. The summed E-state index contributed by atoms with van der Waals surface area (Å²) in [6, 6.07) is 9.78. The average Bonchev–Trinajstić information content (AvgIpc) is 2.77. The number of fused-ring (bicyclic) bond motifs is 1. The Bertz CT molecular complexity index is 407. The Labute approximate surface area is 116 Å². The summed E-state index contributed by atoms with van der Waals surface area (Å²) < 4.78 is 5.27. The smallest absolute Gasteiger partial charge is 0.0590 e. The van der Waals surface area contributed by atoms with Gasteiger partial charge >= 0.3 is 0 Å². The number of nitrogens with two attached hydrogens (primary N) is 1. The first-order valence-electron chi connectivity index (χ1n) is 7.28. The van der Waals surface area contributed by atoms with Crippen molar-refractivity contribution in [2.75, 3.05) is 20.3 Å². The minimum atomic E-state index is 0.176. The van der Waals surface area contributed by atoms with Gasteiger partial charge in [0, 0.05) is 31.8 Å². The molecule has 0 aliphatic heterocycles. The van der Waals surface area contributed by atoms with Gasteiger partial charge in [-0.2, -0.15) is 0 Å². The fourth-order valence-electron chi connectivity index (χ4n) is 3.08. The van der Waals surface area contributed by atoms with Crippen molar-refractivity contribution in [2.24, 2.45) is 5.73 Å². The molecule has 0 amide bonds. The van der Waals surface area contributed by atoms with Crippen molar-refractivity contribution in [3.63, 3.8) is 0 Å². The van der Waals surface area contributed by atoms with Gasteiger partial charge in [-0.05, 0) is 30.9 Å². The highest BCUT2D eigenvalue weighted by Gasteiger charge is 2.33. The van der Waals surface area contributed by atoms with E-state index in [0.29, 0.717) is 12.1 Å². The Morgan fingerprint density at radius 1 is 1.37 bits per heavy atom. The van der Waals surface area contributed by atoms with Crippen molar-refractivity contribution in [1.82, 2.24) is 4.90 Å². The summed E-state index contributed by atoms with van der Waals surface area (Å²) in [7, 11) is 1.77. The van der Waals surface area contributed by atoms with E-state index in [0.717, 1.165) is 26.0 Å². The lowest BCUT2D eigenvalue weighted by Gasteiger charge is -2.34. The molecule has 3 heteroatoms. The molecule has 2 rings (SSSR count). The first-order valence-corrected chi connectivity index (χ1v) is 7.28. The van der Waals surface area contributed by atoms with Crippen LogP contribution in [-0.4, -0.2) is 31.2 Å². The van der Waals surface area contributed by atoms with Crippen LogP contribution in [-0.2, 0) is 4.74 Å². The predicted octanol–water partition coefficient (Wildman–Crippen LogP) is 2.88. The van der Waals surface area contributed by atoms with E-state index >= 15 is 0 Å². The second-order valence-electron chi connectivity index (χ2n) is 5.47. The molecule has 1 aromatic carbocycles. The zero-order valence-corrected chi connectivity index (χ0v) is 12.3. The van der Waals surface area contributed by atoms with Crippen molar-refractivity contribution in [3.05, 3.63) is 35.4 Å². The van der Waals surface area contributed by atoms with E-state index < -0.39 is 0 Å². The molecule has 3 nitrogen and oxygen atoms in total. The molecule has 2 N–H and O–H groups in total. The van der Waals surface area contributed by atoms with Crippen molar-refractivity contribution in [3.8, 4) is 0 Å². The fourth-order valence-corrected chi connectivity index (χ4v) is 3.08. The summed E-state index contributed by atoms with van der Waals surface area (Å²) in [5, 5.41) is 0. The molecule has 3 atom stereocenters. The van der Waals surface area contributed by atoms with Crippen LogP contribution in [0.1, 0.15) is 49.9 Å². The highest BCUT2D eigenvalue weighted by molar-refractivity contribution is 5.37. The normalized spacial score (nSPS) is 23.6. The van der Waals surface area contributed by atoms with Crippen molar-refractivity contribution < 1.29 is 4.74 Å². The number of hydrogen-bond donors (Lipinski definition) is 1. The molecule has 0 spiro atoms. The van der Waals surface area contributed by atoms with E-state index in [1.807, 2.05) is 0 Å². The third kappa shape index (κ3) is 2.99. The molecule has 0 saturated heterocycles. The van der Waals surface area contributed by atoms with Crippen LogP contribution in [0.5, 0.6) is 0 Å². The van der Waals surface area contributed by atoms with Gasteiger partial charge < -0.3 is 10.5 Å². The lowest BCUT2D eigenvalue weighted by atomic mass is 10.0. The summed E-state index contributed by atoms with van der Waals surface area (Å²) in [6.07, 6.45) is 2.17. The number of benzene rings is 1. The lowest BCUT2D eigenvalue weighted by Crippen LogP contribution is -2.38. The highest BCUT2D eigenvalue weighted by Crippen LogP contribution is 2.41. The number of ether oxygens (including phenoxy) is 1. The molecule has 1 aliphatic carbocycles. The van der Waals surface area contributed by atoms with E-state index in [2.05, 4.69) is 43.0 Å². The maximum Gasteiger partial charge on any atom is 0.0590 e. The van der Waals surface area contributed by atoms with Crippen LogP contribution in [0.3, 0.4) is 0 Å². The van der Waals surface area contributed by atoms with Crippen LogP contribution in [0.4, 0.5) is 0 Å². The van der Waals surface area contributed by atoms with Crippen molar-refractivity contribution in [2.45, 2.75) is 44.8 Å². The van der Waals surface area contributed by atoms with Gasteiger partial charge in [-0.1, -0.05) is 31.2 Å². The van der Waals surface area contributed by atoms with Crippen LogP contribution in [0.25, 0.3) is 0 Å². The molecular formula is C16H26N2O. The van der Waals surface area contributed by atoms with E-state index in [9.17, 15) is 0 Å². The first-order chi connectivity index (χ1) is 9.19. The molecule has 0 radical (unpaired) electrons. The summed E-state index contributed by atoms with van der Waals surface area (Å²) in [5.41, 5.74) is 9.01. The molecule has 106 valence electrons. The minimum Gasteiger partial charge on any atom is -0.383 e. The summed E-state index contributed by atoms with van der Waals surface area (Å²) in [4.78, 5) is 2.55. The standard InChI is InChI=1S/C16H26N2O/c1-4-12(2)18(9-10-19-3)16-11-15(17)13-7-5-6-8-14(13)16/h5-8,12,15-16H,4,9-11,17H2,1-3H3. The number of hydrogen-bond acceptors (Lipinski definition) is 3. The average molecular weight is 262 g/mol. The lowest BCUT2D eigenvalue weighted by molar-refractivity contribution is 0.0859. The Balaban J connectivity index is 2.23. The minimum absolute atomic E-state index is 0.176. The quantitative estimate of drug-likeness (QED) is 0.856. The zero-order valence-electron chi connectivity index (χ0n) is 12.3. The molecule has 3 unspecified atom stereocenters. The molecular weight excluding hydrogens is 236 g/mol. The van der Waals surface area contributed by atoms with Gasteiger partial charge in [0.2, 0.25) is 0 Å². The van der Waals surface area contributed by atoms with Crippen LogP contribution in [0.2, 0.25) is 0 Å². The largest absolute Gasteiger partial charge is 0.383 e. The molecule has 19 heavy (non-hydrogen) atoms. The summed E-state index contributed by atoms with van der Waals surface area (Å²) in [6.45, 7) is 6.28. The maximum absolute atomic E-state index is 6.29. The second kappa shape index (κ2) is 6.51. The Morgan fingerprint density at radius 2 is 2.05 bits per heavy atom. The number of rotatable bonds is 6. The van der Waals surface area contributed by atoms with Crippen LogP contribution in [0, 0.1) is 0 Å². The zero-order chi connectivity index (χ0) is 13.8. The third-order valence-corrected chi connectivity index (χ3v) is 4.34. The highest BCUT2D eigenvalue weighted by atomic mass is 16.5. The van der Waals surface area contributed by atoms with Gasteiger partial charge in [0.05, 0.1) is 6.61 Å². The van der Waals surface area contributed by atoms with Gasteiger partial charge in [-0.15, -0.1) is 0 Å². The molecule has 0 saturated carbocycles. The molecule has 0 aromatic heterocycles. The van der Waals surface area contributed by atoms with E-state index in [1.165, 1.54) is 11.1 Å². The van der Waals surface area contributed by atoms with Gasteiger partial charge in [-0.25, -0.2) is 0 Å². The number of methoxy groups -OCH3 is 1. The second-order valence-corrected chi connectivity index (χ2v) is 5.47. The third-order valence-electron chi connectivity index (χ3n) is 4.34. The van der Waals surface area contributed by atoms with Crippen molar-refractivity contribution >= 4 is 0 Å². The van der Waals surface area contributed by atoms with E-state index in [-0.39, 0.29) is 6.04 Å². The number of nitrogens with zero attached hydrogens (tertiary/aromatic N) is 1. The fraction of sp³-hybridized carbons (Fsp3) is 0.625. The Kier molecular flexibility index (Phi) is 4.97. The molecule has 1 aromatic rings. The first kappa shape index (κ1) is 14.5. The molecule has 0 fully saturated rings. The molecule has 0 heterocycles. The van der Waals surface area contributed by atoms with Gasteiger partial charge in [0.1, 0.15) is 0 Å². The topological polar surface area (TPSA) is 38.5 Å². The SMILES string of the molecule is CCC(C)N(CCOC)C1CC(N)c2ccccc21. The summed E-state index contributed by atoms with van der Waals surface area (Å²) >= 11 is 0.